The molecule has 1 aliphatic heterocycles. The topological polar surface area (TPSA) is 57.6 Å². The fourth-order valence-electron chi connectivity index (χ4n) is 2.95. The van der Waals surface area contributed by atoms with Gasteiger partial charge in [-0.1, -0.05) is 78.6 Å². The van der Waals surface area contributed by atoms with Gasteiger partial charge in [0.05, 0.1) is 4.91 Å². The van der Waals surface area contributed by atoms with Crippen molar-refractivity contribution in [3.8, 4) is 5.75 Å². The van der Waals surface area contributed by atoms with Crippen LogP contribution in [0.2, 0.25) is 0 Å². The summed E-state index contributed by atoms with van der Waals surface area (Å²) in [6.45, 7) is 2.19. The van der Waals surface area contributed by atoms with E-state index >= 15 is 0 Å². The minimum absolute atomic E-state index is 0.0512. The van der Waals surface area contributed by atoms with Crippen LogP contribution in [0.25, 0.3) is 6.08 Å². The molecule has 0 unspecified atom stereocenters. The van der Waals surface area contributed by atoms with E-state index in [1.165, 1.54) is 16.7 Å². The molecule has 1 N–H and O–H groups in total. The van der Waals surface area contributed by atoms with E-state index in [1.54, 1.807) is 24.3 Å². The van der Waals surface area contributed by atoms with Gasteiger partial charge in [-0.2, -0.15) is 0 Å². The summed E-state index contributed by atoms with van der Waals surface area (Å²) in [4.78, 5) is 27.0. The minimum Gasteiger partial charge on any atom is -0.508 e. The Morgan fingerprint density at radius 1 is 1.14 bits per heavy atom. The van der Waals surface area contributed by atoms with Gasteiger partial charge in [0, 0.05) is 24.9 Å². The second kappa shape index (κ2) is 9.67. The number of allylic oxidation sites excluding steroid dienone is 2. The minimum atomic E-state index is -0.170. The van der Waals surface area contributed by atoms with E-state index in [0.29, 0.717) is 14.8 Å². The Labute approximate surface area is 179 Å². The third-order valence-electron chi connectivity index (χ3n) is 4.42. The van der Waals surface area contributed by atoms with Crippen LogP contribution in [-0.2, 0) is 16.0 Å². The van der Waals surface area contributed by atoms with Gasteiger partial charge in [-0.05, 0) is 30.2 Å². The fraction of sp³-hybridized carbons (Fsp3) is 0.174. The SMILES string of the molecule is CC(/C=C1\SC(=S)N(CCC(=O)Cc2ccccc2O)C1=O)=C\c1ccccc1. The summed E-state index contributed by atoms with van der Waals surface area (Å²) in [5.74, 6) is -0.115. The third kappa shape index (κ3) is 5.65. The summed E-state index contributed by atoms with van der Waals surface area (Å²) in [7, 11) is 0. The molecule has 1 saturated heterocycles. The quantitative estimate of drug-likeness (QED) is 0.515. The number of ketones is 1. The van der Waals surface area contributed by atoms with Gasteiger partial charge in [-0.3, -0.25) is 14.5 Å². The van der Waals surface area contributed by atoms with Crippen LogP contribution in [0.15, 0.2) is 71.2 Å². The van der Waals surface area contributed by atoms with Crippen LogP contribution in [0.1, 0.15) is 24.5 Å². The number of nitrogens with zero attached hydrogens (tertiary/aromatic N) is 1. The number of carbonyl (C=O) groups excluding carboxylic acids is 2. The number of aromatic hydroxyl groups is 1. The molecule has 0 aliphatic carbocycles. The van der Waals surface area contributed by atoms with E-state index in [-0.39, 0.29) is 36.8 Å². The number of rotatable bonds is 7. The molecule has 2 aromatic carbocycles. The normalized spacial score (nSPS) is 16.0. The summed E-state index contributed by atoms with van der Waals surface area (Å²) < 4.78 is 0.462. The molecule has 3 rings (SSSR count). The zero-order chi connectivity index (χ0) is 20.8. The number of Topliss-reactive ketones (excluding diaryl/α,β-unsaturated/α-hetero) is 1. The number of hydrogen-bond acceptors (Lipinski definition) is 5. The molecule has 0 aromatic heterocycles. The molecule has 2 aromatic rings. The van der Waals surface area contributed by atoms with Crippen molar-refractivity contribution in [3.63, 3.8) is 0 Å². The number of amides is 1. The van der Waals surface area contributed by atoms with Crippen LogP contribution in [0.4, 0.5) is 0 Å². The zero-order valence-electron chi connectivity index (χ0n) is 16.0. The zero-order valence-corrected chi connectivity index (χ0v) is 17.6. The molecule has 0 atom stereocenters. The number of para-hydroxylation sites is 1. The summed E-state index contributed by atoms with van der Waals surface area (Å²) in [5.41, 5.74) is 2.60. The van der Waals surface area contributed by atoms with Gasteiger partial charge in [-0.25, -0.2) is 0 Å². The number of benzene rings is 2. The lowest BCUT2D eigenvalue weighted by molar-refractivity contribution is -0.123. The summed E-state index contributed by atoms with van der Waals surface area (Å²) in [5, 5.41) is 9.79. The lowest BCUT2D eigenvalue weighted by Crippen LogP contribution is -2.30. The second-order valence-electron chi connectivity index (χ2n) is 6.73. The number of phenols is 1. The third-order valence-corrected chi connectivity index (χ3v) is 5.80. The Hall–Kier alpha value is -2.70. The molecule has 6 heteroatoms. The highest BCUT2D eigenvalue weighted by Crippen LogP contribution is 2.32. The predicted molar refractivity (Wildman–Crippen MR) is 122 cm³/mol. The highest BCUT2D eigenvalue weighted by molar-refractivity contribution is 8.26. The Balaban J connectivity index is 1.61. The van der Waals surface area contributed by atoms with Crippen LogP contribution in [0.3, 0.4) is 0 Å². The molecule has 0 spiro atoms. The standard InChI is InChI=1S/C23H21NO3S2/c1-16(13-17-7-3-2-4-8-17)14-21-22(27)24(23(28)29-21)12-11-19(25)15-18-9-5-6-10-20(18)26/h2-10,13-14,26H,11-12,15H2,1H3/b16-13+,21-14-. The first-order chi connectivity index (χ1) is 13.9. The Morgan fingerprint density at radius 2 is 1.83 bits per heavy atom. The van der Waals surface area contributed by atoms with E-state index in [0.717, 1.165) is 11.1 Å². The lowest BCUT2D eigenvalue weighted by Gasteiger charge is -2.13. The Kier molecular flexibility index (Phi) is 7.01. The number of thiocarbonyl (C=S) groups is 1. The summed E-state index contributed by atoms with van der Waals surface area (Å²) in [6.07, 6.45) is 4.15. The smallest absolute Gasteiger partial charge is 0.266 e. The Morgan fingerprint density at radius 3 is 2.55 bits per heavy atom. The van der Waals surface area contributed by atoms with E-state index in [2.05, 4.69) is 0 Å². The van der Waals surface area contributed by atoms with Gasteiger partial charge in [0.25, 0.3) is 5.91 Å². The molecule has 0 bridgehead atoms. The first-order valence-corrected chi connectivity index (χ1v) is 10.4. The highest BCUT2D eigenvalue weighted by atomic mass is 32.2. The number of hydrogen-bond donors (Lipinski definition) is 1. The van der Waals surface area contributed by atoms with Crippen molar-refractivity contribution in [2.45, 2.75) is 19.8 Å². The van der Waals surface area contributed by atoms with Crippen LogP contribution >= 0.6 is 24.0 Å². The molecule has 4 nitrogen and oxygen atoms in total. The molecule has 1 heterocycles. The van der Waals surface area contributed by atoms with Gasteiger partial charge in [0.1, 0.15) is 15.9 Å². The molecule has 0 radical (unpaired) electrons. The fourth-order valence-corrected chi connectivity index (χ4v) is 4.31. The van der Waals surface area contributed by atoms with E-state index in [4.69, 9.17) is 12.2 Å². The average molecular weight is 424 g/mol. The maximum absolute atomic E-state index is 12.7. The van der Waals surface area contributed by atoms with Gasteiger partial charge >= 0.3 is 0 Å². The summed E-state index contributed by atoms with van der Waals surface area (Å²) in [6, 6.07) is 16.6. The monoisotopic (exact) mass is 423 g/mol. The molecule has 29 heavy (non-hydrogen) atoms. The average Bonchev–Trinajstić information content (AvgIpc) is 2.95. The molecule has 1 fully saturated rings. The predicted octanol–water partition coefficient (Wildman–Crippen LogP) is 4.74. The van der Waals surface area contributed by atoms with Crippen molar-refractivity contribution >= 4 is 46.1 Å². The van der Waals surface area contributed by atoms with Crippen molar-refractivity contribution in [3.05, 3.63) is 82.3 Å². The number of carbonyl (C=O) groups is 2. The lowest BCUT2D eigenvalue weighted by atomic mass is 10.1. The molecule has 1 aliphatic rings. The van der Waals surface area contributed by atoms with E-state index in [9.17, 15) is 14.7 Å². The molecule has 148 valence electrons. The summed E-state index contributed by atoms with van der Waals surface area (Å²) >= 11 is 6.59. The van der Waals surface area contributed by atoms with Crippen molar-refractivity contribution in [1.29, 1.82) is 0 Å². The second-order valence-corrected chi connectivity index (χ2v) is 8.40. The van der Waals surface area contributed by atoms with Crippen LogP contribution < -0.4 is 0 Å². The van der Waals surface area contributed by atoms with Crippen molar-refractivity contribution in [2.75, 3.05) is 6.54 Å². The first-order valence-electron chi connectivity index (χ1n) is 9.21. The molecule has 1 amide bonds. The van der Waals surface area contributed by atoms with Crippen molar-refractivity contribution < 1.29 is 14.7 Å². The highest BCUT2D eigenvalue weighted by Gasteiger charge is 2.32. The molecular formula is C23H21NO3S2. The Bertz CT molecular complexity index is 996. The van der Waals surface area contributed by atoms with Gasteiger partial charge < -0.3 is 5.11 Å². The number of phenolic OH excluding ortho intramolecular Hbond substituents is 1. The van der Waals surface area contributed by atoms with Gasteiger partial charge in [0.15, 0.2) is 0 Å². The van der Waals surface area contributed by atoms with Crippen LogP contribution in [0.5, 0.6) is 5.75 Å². The van der Waals surface area contributed by atoms with Crippen LogP contribution in [0, 0.1) is 0 Å². The van der Waals surface area contributed by atoms with Crippen LogP contribution in [-0.4, -0.2) is 32.6 Å². The molecular weight excluding hydrogens is 402 g/mol. The first kappa shape index (κ1) is 21.0. The van der Waals surface area contributed by atoms with Gasteiger partial charge in [0.2, 0.25) is 0 Å². The van der Waals surface area contributed by atoms with E-state index < -0.39 is 0 Å². The maximum Gasteiger partial charge on any atom is 0.266 e. The molecule has 0 saturated carbocycles. The van der Waals surface area contributed by atoms with Gasteiger partial charge in [-0.15, -0.1) is 0 Å². The van der Waals surface area contributed by atoms with Crippen molar-refractivity contribution in [2.24, 2.45) is 0 Å². The largest absolute Gasteiger partial charge is 0.508 e. The maximum atomic E-state index is 12.7. The van der Waals surface area contributed by atoms with E-state index in [1.807, 2.05) is 49.4 Å². The van der Waals surface area contributed by atoms with Crippen molar-refractivity contribution in [1.82, 2.24) is 4.90 Å². The number of thioether (sulfide) groups is 1.